The van der Waals surface area contributed by atoms with Crippen molar-refractivity contribution < 1.29 is 15.7 Å². The molecule has 3 aromatic rings. The standard InChI is InChI=1S/C24H30N8O.2ClH.2H2O/c1-30-9-11-31(12-10-30)18-5-6-20(25-15-18)28-23-26-14-17-13-19-22(33)27-16-24(7-3-2-4-8-24)32(19)21(17)29-23;;;;/h5-6,13-15H,2-4,7-12,16H2,1H3,(H,27,33)(H,25,26,28,29);2*1H;2*1H2. The second-order valence-electron chi connectivity index (χ2n) is 9.62. The highest BCUT2D eigenvalue weighted by atomic mass is 35.5. The molecule has 2 fully saturated rings. The maximum Gasteiger partial charge on any atom is 0.268 e. The van der Waals surface area contributed by atoms with E-state index in [1.54, 1.807) is 6.20 Å². The number of nitrogens with one attached hydrogen (secondary N) is 2. The summed E-state index contributed by atoms with van der Waals surface area (Å²) < 4.78 is 2.19. The summed E-state index contributed by atoms with van der Waals surface area (Å²) in [5.41, 5.74) is 2.57. The summed E-state index contributed by atoms with van der Waals surface area (Å²) in [6.07, 6.45) is 9.44. The number of likely N-dealkylation sites (N-methyl/N-ethyl adjacent to an activating group) is 1. The number of carbonyl (C=O) groups is 1. The van der Waals surface area contributed by atoms with E-state index in [1.165, 1.54) is 19.3 Å². The second kappa shape index (κ2) is 12.2. The predicted octanol–water partition coefficient (Wildman–Crippen LogP) is 1.92. The lowest BCUT2D eigenvalue weighted by molar-refractivity contribution is 0.0833. The van der Waals surface area contributed by atoms with Gasteiger partial charge in [-0.2, -0.15) is 4.98 Å². The predicted molar refractivity (Wildman–Crippen MR) is 150 cm³/mol. The fraction of sp³-hybridized carbons (Fsp3) is 0.500. The van der Waals surface area contributed by atoms with E-state index >= 15 is 0 Å². The molecule has 37 heavy (non-hydrogen) atoms. The summed E-state index contributed by atoms with van der Waals surface area (Å²) in [7, 11) is 2.16. The maximum absolute atomic E-state index is 12.6. The first-order valence-electron chi connectivity index (χ1n) is 12.0. The zero-order valence-corrected chi connectivity index (χ0v) is 22.5. The maximum atomic E-state index is 12.6. The van der Waals surface area contributed by atoms with Crippen molar-refractivity contribution in [1.82, 2.24) is 29.7 Å². The van der Waals surface area contributed by atoms with Crippen LogP contribution in [0.3, 0.4) is 0 Å². The Morgan fingerprint density at radius 3 is 2.38 bits per heavy atom. The Bertz CT molecular complexity index is 1190. The highest BCUT2D eigenvalue weighted by Gasteiger charge is 2.41. The van der Waals surface area contributed by atoms with Crippen LogP contribution >= 0.6 is 24.8 Å². The molecular formula is C24H36Cl2N8O3. The minimum Gasteiger partial charge on any atom is -0.412 e. The molecule has 6 rings (SSSR count). The highest BCUT2D eigenvalue weighted by Crippen LogP contribution is 2.40. The third kappa shape index (κ3) is 5.60. The number of halogens is 2. The number of amides is 1. The average Bonchev–Trinajstić information content (AvgIpc) is 3.24. The third-order valence-electron chi connectivity index (χ3n) is 7.47. The van der Waals surface area contributed by atoms with E-state index in [9.17, 15) is 4.79 Å². The minimum atomic E-state index is -0.0860. The van der Waals surface area contributed by atoms with Crippen LogP contribution in [0.4, 0.5) is 17.5 Å². The summed E-state index contributed by atoms with van der Waals surface area (Å²) in [6.45, 7) is 4.83. The van der Waals surface area contributed by atoms with Gasteiger partial charge in [-0.05, 0) is 38.1 Å². The number of carbonyl (C=O) groups excluding carboxylic acids is 1. The van der Waals surface area contributed by atoms with E-state index in [0.29, 0.717) is 24.0 Å². The zero-order valence-electron chi connectivity index (χ0n) is 20.9. The highest BCUT2D eigenvalue weighted by molar-refractivity contribution is 5.99. The van der Waals surface area contributed by atoms with E-state index in [2.05, 4.69) is 48.1 Å². The summed E-state index contributed by atoms with van der Waals surface area (Å²) in [6, 6.07) is 6.00. The lowest BCUT2D eigenvalue weighted by Crippen LogP contribution is -2.52. The van der Waals surface area contributed by atoms with Gasteiger partial charge in [0, 0.05) is 44.3 Å². The summed E-state index contributed by atoms with van der Waals surface area (Å²) in [4.78, 5) is 31.3. The van der Waals surface area contributed by atoms with Gasteiger partial charge in [-0.25, -0.2) is 9.97 Å². The van der Waals surface area contributed by atoms with Crippen LogP contribution in [0.2, 0.25) is 0 Å². The van der Waals surface area contributed by atoms with E-state index in [-0.39, 0.29) is 47.2 Å². The van der Waals surface area contributed by atoms with Crippen molar-refractivity contribution in [2.75, 3.05) is 50.0 Å². The number of anilines is 3. The Balaban J connectivity index is 0.00000120. The lowest BCUT2D eigenvalue weighted by atomic mass is 9.80. The molecule has 1 saturated carbocycles. The molecule has 5 heterocycles. The molecular weight excluding hydrogens is 519 g/mol. The largest absolute Gasteiger partial charge is 0.412 e. The number of rotatable bonds is 3. The molecule has 1 amide bonds. The number of nitrogens with zero attached hydrogens (tertiary/aromatic N) is 6. The van der Waals surface area contributed by atoms with Crippen LogP contribution in [-0.4, -0.2) is 81.0 Å². The van der Waals surface area contributed by atoms with Gasteiger partial charge < -0.3 is 36.0 Å². The first-order valence-corrected chi connectivity index (χ1v) is 12.0. The SMILES string of the molecule is CN1CCN(c2ccc(Nc3ncc4cc5n(c4n3)C3(CCCCC3)CNC5=O)nc2)CC1.Cl.Cl.O.O. The number of pyridine rings is 1. The molecule has 3 aliphatic rings. The first kappa shape index (κ1) is 30.5. The van der Waals surface area contributed by atoms with Crippen molar-refractivity contribution >= 4 is 59.2 Å². The normalized spacial score (nSPS) is 18.4. The molecule has 6 N–H and O–H groups in total. The Kier molecular flexibility index (Phi) is 10.1. The fourth-order valence-corrected chi connectivity index (χ4v) is 5.55. The van der Waals surface area contributed by atoms with Crippen molar-refractivity contribution in [3.8, 4) is 0 Å². The molecule has 0 unspecified atom stereocenters. The van der Waals surface area contributed by atoms with Crippen LogP contribution in [-0.2, 0) is 5.54 Å². The Labute approximate surface area is 228 Å². The second-order valence-corrected chi connectivity index (χ2v) is 9.62. The van der Waals surface area contributed by atoms with Crippen molar-refractivity contribution in [3.63, 3.8) is 0 Å². The van der Waals surface area contributed by atoms with E-state index in [4.69, 9.17) is 4.98 Å². The molecule has 13 heteroatoms. The van der Waals surface area contributed by atoms with E-state index < -0.39 is 0 Å². The number of aromatic nitrogens is 4. The van der Waals surface area contributed by atoms with Gasteiger partial charge >= 0.3 is 0 Å². The molecule has 3 aromatic heterocycles. The van der Waals surface area contributed by atoms with Crippen LogP contribution in [0.15, 0.2) is 30.6 Å². The molecule has 0 atom stereocenters. The third-order valence-corrected chi connectivity index (χ3v) is 7.47. The van der Waals surface area contributed by atoms with Gasteiger partial charge in [0.15, 0.2) is 0 Å². The smallest absolute Gasteiger partial charge is 0.268 e. The van der Waals surface area contributed by atoms with Gasteiger partial charge in [0.25, 0.3) is 5.91 Å². The Hall–Kier alpha value is -2.70. The van der Waals surface area contributed by atoms with Gasteiger partial charge in [-0.15, -0.1) is 24.8 Å². The van der Waals surface area contributed by atoms with Crippen LogP contribution in [0, 0.1) is 0 Å². The molecule has 1 aliphatic carbocycles. The van der Waals surface area contributed by atoms with Crippen LogP contribution in [0.1, 0.15) is 42.6 Å². The van der Waals surface area contributed by atoms with Crippen molar-refractivity contribution in [2.45, 2.75) is 37.6 Å². The van der Waals surface area contributed by atoms with E-state index in [0.717, 1.165) is 55.7 Å². The van der Waals surface area contributed by atoms with Gasteiger partial charge in [0.2, 0.25) is 5.95 Å². The summed E-state index contributed by atoms with van der Waals surface area (Å²) in [5, 5.41) is 7.27. The van der Waals surface area contributed by atoms with Gasteiger partial charge in [-0.3, -0.25) is 4.79 Å². The number of hydrogen-bond donors (Lipinski definition) is 2. The molecule has 0 aromatic carbocycles. The molecule has 2 aliphatic heterocycles. The van der Waals surface area contributed by atoms with Crippen LogP contribution < -0.4 is 15.5 Å². The summed E-state index contributed by atoms with van der Waals surface area (Å²) >= 11 is 0. The molecule has 0 bridgehead atoms. The molecule has 204 valence electrons. The molecule has 0 radical (unpaired) electrons. The number of hydrogen-bond acceptors (Lipinski definition) is 7. The first-order chi connectivity index (χ1) is 16.1. The quantitative estimate of drug-likeness (QED) is 0.501. The molecule has 1 saturated heterocycles. The zero-order chi connectivity index (χ0) is 22.4. The fourth-order valence-electron chi connectivity index (χ4n) is 5.55. The van der Waals surface area contributed by atoms with Crippen molar-refractivity contribution in [2.24, 2.45) is 0 Å². The van der Waals surface area contributed by atoms with Crippen LogP contribution in [0.5, 0.6) is 0 Å². The topological polar surface area (TPSA) is 154 Å². The van der Waals surface area contributed by atoms with Gasteiger partial charge in [0.05, 0.1) is 17.4 Å². The van der Waals surface area contributed by atoms with Gasteiger partial charge in [0.1, 0.15) is 17.2 Å². The summed E-state index contributed by atoms with van der Waals surface area (Å²) in [5.74, 6) is 1.18. The van der Waals surface area contributed by atoms with Crippen molar-refractivity contribution in [3.05, 3.63) is 36.3 Å². The number of fused-ring (bicyclic) bond motifs is 4. The minimum absolute atomic E-state index is 0. The lowest BCUT2D eigenvalue weighted by Gasteiger charge is -2.42. The van der Waals surface area contributed by atoms with Gasteiger partial charge in [-0.1, -0.05) is 19.3 Å². The Morgan fingerprint density at radius 1 is 0.973 bits per heavy atom. The van der Waals surface area contributed by atoms with Crippen LogP contribution in [0.25, 0.3) is 11.0 Å². The number of piperazine rings is 1. The monoisotopic (exact) mass is 554 g/mol. The Morgan fingerprint density at radius 2 is 1.70 bits per heavy atom. The molecule has 1 spiro atoms. The van der Waals surface area contributed by atoms with E-state index in [1.807, 2.05) is 18.3 Å². The average molecular weight is 556 g/mol. The van der Waals surface area contributed by atoms with Crippen molar-refractivity contribution in [1.29, 1.82) is 0 Å². The molecule has 11 nitrogen and oxygen atoms in total.